The second-order valence-corrected chi connectivity index (χ2v) is 6.98. The van der Waals surface area contributed by atoms with Gasteiger partial charge in [0.2, 0.25) is 11.0 Å². The van der Waals surface area contributed by atoms with Gasteiger partial charge >= 0.3 is 0 Å². The van der Waals surface area contributed by atoms with E-state index in [1.807, 2.05) is 35.0 Å². The SMILES string of the molecule is c1ccc(-n2nc(SCc3nnc(-c4ccco4)o3)nc2C2CC2)cc1. The van der Waals surface area contributed by atoms with Crippen molar-refractivity contribution in [1.82, 2.24) is 25.0 Å². The standard InChI is InChI=1S/C18H15N5O2S/c1-2-5-13(6-3-1)23-16(12-8-9-12)19-18(22-23)26-11-15-20-21-17(25-15)14-7-4-10-24-14/h1-7,10,12H,8-9,11H2. The first kappa shape index (κ1) is 15.4. The van der Waals surface area contributed by atoms with Crippen molar-refractivity contribution in [3.8, 4) is 17.3 Å². The lowest BCUT2D eigenvalue weighted by Gasteiger charge is -2.03. The normalized spacial score (nSPS) is 14.0. The Morgan fingerprint density at radius 3 is 2.73 bits per heavy atom. The summed E-state index contributed by atoms with van der Waals surface area (Å²) in [5, 5.41) is 13.5. The molecule has 7 nitrogen and oxygen atoms in total. The van der Waals surface area contributed by atoms with Crippen molar-refractivity contribution < 1.29 is 8.83 Å². The summed E-state index contributed by atoms with van der Waals surface area (Å²) in [5.41, 5.74) is 1.03. The first-order valence-corrected chi connectivity index (χ1v) is 9.37. The van der Waals surface area contributed by atoms with Crippen molar-refractivity contribution in [2.24, 2.45) is 0 Å². The number of hydrogen-bond donors (Lipinski definition) is 0. The number of para-hydroxylation sites is 1. The van der Waals surface area contributed by atoms with E-state index in [4.69, 9.17) is 13.8 Å². The van der Waals surface area contributed by atoms with Crippen LogP contribution in [-0.2, 0) is 5.75 Å². The summed E-state index contributed by atoms with van der Waals surface area (Å²) in [6, 6.07) is 13.7. The molecule has 1 saturated carbocycles. The molecular weight excluding hydrogens is 350 g/mol. The van der Waals surface area contributed by atoms with Crippen LogP contribution in [0.2, 0.25) is 0 Å². The molecule has 0 radical (unpaired) electrons. The maximum absolute atomic E-state index is 5.63. The molecule has 5 rings (SSSR count). The van der Waals surface area contributed by atoms with Crippen molar-refractivity contribution in [3.63, 3.8) is 0 Å². The fourth-order valence-corrected chi connectivity index (χ4v) is 3.34. The lowest BCUT2D eigenvalue weighted by molar-refractivity contribution is 0.494. The Balaban J connectivity index is 1.35. The number of furan rings is 1. The molecule has 0 unspecified atom stereocenters. The summed E-state index contributed by atoms with van der Waals surface area (Å²) in [6.07, 6.45) is 3.92. The van der Waals surface area contributed by atoms with Crippen LogP contribution in [0.4, 0.5) is 0 Å². The van der Waals surface area contributed by atoms with Crippen LogP contribution in [0.15, 0.2) is 62.7 Å². The number of benzene rings is 1. The second kappa shape index (κ2) is 6.45. The largest absolute Gasteiger partial charge is 0.459 e. The van der Waals surface area contributed by atoms with Gasteiger partial charge in [-0.1, -0.05) is 30.0 Å². The molecule has 0 amide bonds. The smallest absolute Gasteiger partial charge is 0.283 e. The number of hydrogen-bond acceptors (Lipinski definition) is 7. The van der Waals surface area contributed by atoms with E-state index in [1.165, 1.54) is 24.6 Å². The highest BCUT2D eigenvalue weighted by Crippen LogP contribution is 2.40. The van der Waals surface area contributed by atoms with E-state index < -0.39 is 0 Å². The summed E-state index contributed by atoms with van der Waals surface area (Å²) in [6.45, 7) is 0. The van der Waals surface area contributed by atoms with Gasteiger partial charge in [0.1, 0.15) is 5.82 Å². The molecule has 26 heavy (non-hydrogen) atoms. The van der Waals surface area contributed by atoms with Gasteiger partial charge in [-0.25, -0.2) is 9.67 Å². The summed E-state index contributed by atoms with van der Waals surface area (Å²) in [7, 11) is 0. The first-order chi connectivity index (χ1) is 12.9. The van der Waals surface area contributed by atoms with Crippen LogP contribution >= 0.6 is 11.8 Å². The van der Waals surface area contributed by atoms with Crippen molar-refractivity contribution in [3.05, 3.63) is 60.4 Å². The fraction of sp³-hybridized carbons (Fsp3) is 0.222. The Labute approximate surface area is 153 Å². The van der Waals surface area contributed by atoms with E-state index in [9.17, 15) is 0 Å². The highest BCUT2D eigenvalue weighted by molar-refractivity contribution is 7.98. The monoisotopic (exact) mass is 365 g/mol. The third-order valence-corrected chi connectivity index (χ3v) is 4.90. The summed E-state index contributed by atoms with van der Waals surface area (Å²) in [4.78, 5) is 4.73. The lowest BCUT2D eigenvalue weighted by atomic mass is 10.3. The Morgan fingerprint density at radius 1 is 1.08 bits per heavy atom. The minimum absolute atomic E-state index is 0.382. The van der Waals surface area contributed by atoms with Gasteiger partial charge in [-0.05, 0) is 37.1 Å². The minimum Gasteiger partial charge on any atom is -0.459 e. The molecule has 0 saturated heterocycles. The number of aromatic nitrogens is 5. The van der Waals surface area contributed by atoms with E-state index >= 15 is 0 Å². The topological polar surface area (TPSA) is 82.8 Å². The molecule has 1 aliphatic carbocycles. The molecule has 4 aromatic rings. The Morgan fingerprint density at radius 2 is 1.96 bits per heavy atom. The quantitative estimate of drug-likeness (QED) is 0.476. The third-order valence-electron chi connectivity index (χ3n) is 4.08. The highest BCUT2D eigenvalue weighted by atomic mass is 32.2. The zero-order valence-electron chi connectivity index (χ0n) is 13.8. The molecule has 0 aliphatic heterocycles. The van der Waals surface area contributed by atoms with E-state index in [2.05, 4.69) is 15.3 Å². The van der Waals surface area contributed by atoms with E-state index in [-0.39, 0.29) is 0 Å². The molecule has 130 valence electrons. The van der Waals surface area contributed by atoms with Gasteiger partial charge in [0, 0.05) is 5.92 Å². The molecule has 8 heteroatoms. The summed E-state index contributed by atoms with van der Waals surface area (Å²) < 4.78 is 12.8. The first-order valence-electron chi connectivity index (χ1n) is 8.38. The van der Waals surface area contributed by atoms with E-state index in [0.717, 1.165) is 11.5 Å². The number of rotatable bonds is 6. The molecule has 0 spiro atoms. The molecular formula is C18H15N5O2S. The lowest BCUT2D eigenvalue weighted by Crippen LogP contribution is -2.01. The number of nitrogens with zero attached hydrogens (tertiary/aromatic N) is 5. The molecule has 0 N–H and O–H groups in total. The number of thioether (sulfide) groups is 1. The van der Waals surface area contributed by atoms with Gasteiger partial charge in [-0.2, -0.15) is 0 Å². The molecule has 3 heterocycles. The van der Waals surface area contributed by atoms with Gasteiger partial charge in [0.15, 0.2) is 5.76 Å². The van der Waals surface area contributed by atoms with Crippen LogP contribution < -0.4 is 0 Å². The van der Waals surface area contributed by atoms with Gasteiger partial charge in [-0.3, -0.25) is 0 Å². The van der Waals surface area contributed by atoms with Crippen LogP contribution in [0, 0.1) is 0 Å². The van der Waals surface area contributed by atoms with Gasteiger partial charge in [-0.15, -0.1) is 15.3 Å². The van der Waals surface area contributed by atoms with Crippen LogP contribution in [0.25, 0.3) is 17.3 Å². The molecule has 1 fully saturated rings. The van der Waals surface area contributed by atoms with E-state index in [1.54, 1.807) is 18.4 Å². The maximum Gasteiger partial charge on any atom is 0.283 e. The van der Waals surface area contributed by atoms with Crippen LogP contribution in [0.5, 0.6) is 0 Å². The maximum atomic E-state index is 5.63. The molecule has 0 atom stereocenters. The third kappa shape index (κ3) is 3.03. The summed E-state index contributed by atoms with van der Waals surface area (Å²) >= 11 is 1.49. The summed E-state index contributed by atoms with van der Waals surface area (Å²) in [5.74, 6) is 3.51. The zero-order valence-corrected chi connectivity index (χ0v) is 14.6. The van der Waals surface area contributed by atoms with Crippen LogP contribution in [0.3, 0.4) is 0 Å². The van der Waals surface area contributed by atoms with Crippen molar-refractivity contribution in [1.29, 1.82) is 0 Å². The van der Waals surface area contributed by atoms with Gasteiger partial charge < -0.3 is 8.83 Å². The van der Waals surface area contributed by atoms with Crippen LogP contribution in [0.1, 0.15) is 30.5 Å². The van der Waals surface area contributed by atoms with E-state index in [0.29, 0.717) is 34.4 Å². The van der Waals surface area contributed by atoms with Gasteiger partial charge in [0.25, 0.3) is 5.89 Å². The van der Waals surface area contributed by atoms with Crippen LogP contribution in [-0.4, -0.2) is 25.0 Å². The predicted octanol–water partition coefficient (Wildman–Crippen LogP) is 4.08. The molecule has 1 aromatic carbocycles. The van der Waals surface area contributed by atoms with Crippen molar-refractivity contribution in [2.45, 2.75) is 29.7 Å². The average Bonchev–Trinajstić information content (AvgIpc) is 3.09. The average molecular weight is 365 g/mol. The Kier molecular flexibility index (Phi) is 3.82. The Hall–Kier alpha value is -2.87. The zero-order chi connectivity index (χ0) is 17.3. The van der Waals surface area contributed by atoms with Crippen molar-refractivity contribution >= 4 is 11.8 Å². The van der Waals surface area contributed by atoms with Crippen molar-refractivity contribution in [2.75, 3.05) is 0 Å². The highest BCUT2D eigenvalue weighted by Gasteiger charge is 2.30. The molecule has 0 bridgehead atoms. The second-order valence-electron chi connectivity index (χ2n) is 6.04. The molecule has 1 aliphatic rings. The van der Waals surface area contributed by atoms with Gasteiger partial charge in [0.05, 0.1) is 17.7 Å². The molecule has 3 aromatic heterocycles. The Bertz CT molecular complexity index is 1010. The minimum atomic E-state index is 0.382. The fourth-order valence-electron chi connectivity index (χ4n) is 2.67. The predicted molar refractivity (Wildman–Crippen MR) is 94.9 cm³/mol.